The van der Waals surface area contributed by atoms with Gasteiger partial charge in [-0.1, -0.05) is 11.8 Å². The summed E-state index contributed by atoms with van der Waals surface area (Å²) in [5.74, 6) is 6.06. The molecule has 2 rings (SSSR count). The van der Waals surface area contributed by atoms with E-state index in [0.717, 1.165) is 11.4 Å². The van der Waals surface area contributed by atoms with Crippen LogP contribution in [-0.2, 0) is 6.42 Å². The van der Waals surface area contributed by atoms with Gasteiger partial charge in [-0.15, -0.1) is 0 Å². The molecule has 1 aromatic heterocycles. The van der Waals surface area contributed by atoms with Crippen LogP contribution in [0, 0.1) is 11.8 Å². The first kappa shape index (κ1) is 13.8. The smallest absolute Gasteiger partial charge is 0.251 e. The molecule has 0 unspecified atom stereocenters. The summed E-state index contributed by atoms with van der Waals surface area (Å²) in [6.07, 6.45) is 4.10. The summed E-state index contributed by atoms with van der Waals surface area (Å²) in [4.78, 5) is 18.9. The summed E-state index contributed by atoms with van der Waals surface area (Å²) >= 11 is 0. The molecular formula is C15H15N3O2. The summed E-state index contributed by atoms with van der Waals surface area (Å²) < 4.78 is 0. The molecule has 0 fully saturated rings. The van der Waals surface area contributed by atoms with Gasteiger partial charge in [-0.25, -0.2) is 4.98 Å². The summed E-state index contributed by atoms with van der Waals surface area (Å²) in [7, 11) is 0. The predicted octanol–water partition coefficient (Wildman–Crippen LogP) is 0.726. The molecule has 5 heteroatoms. The van der Waals surface area contributed by atoms with Gasteiger partial charge in [-0.2, -0.15) is 0 Å². The Hall–Kier alpha value is -2.58. The van der Waals surface area contributed by atoms with Crippen molar-refractivity contribution in [1.82, 2.24) is 15.3 Å². The van der Waals surface area contributed by atoms with E-state index in [4.69, 9.17) is 5.11 Å². The number of nitrogens with one attached hydrogen (secondary N) is 2. The number of rotatable bonds is 4. The Labute approximate surface area is 117 Å². The van der Waals surface area contributed by atoms with Crippen LogP contribution in [0.3, 0.4) is 0 Å². The highest BCUT2D eigenvalue weighted by Gasteiger charge is 2.04. The number of aromatic amines is 1. The zero-order valence-electron chi connectivity index (χ0n) is 10.9. The Morgan fingerprint density at radius 2 is 2.15 bits per heavy atom. The maximum absolute atomic E-state index is 11.9. The van der Waals surface area contributed by atoms with E-state index in [-0.39, 0.29) is 12.5 Å². The number of aliphatic hydroxyl groups is 1. The Kier molecular flexibility index (Phi) is 4.93. The second-order valence-electron chi connectivity index (χ2n) is 4.08. The molecule has 1 heterocycles. The van der Waals surface area contributed by atoms with Crippen LogP contribution in [0.25, 0.3) is 0 Å². The highest BCUT2D eigenvalue weighted by atomic mass is 16.2. The van der Waals surface area contributed by atoms with Crippen molar-refractivity contribution in [2.45, 2.75) is 6.42 Å². The number of imidazole rings is 1. The zero-order chi connectivity index (χ0) is 14.2. The first-order chi connectivity index (χ1) is 9.79. The number of H-pyrrole nitrogens is 1. The lowest BCUT2D eigenvalue weighted by Crippen LogP contribution is -2.25. The normalized spacial score (nSPS) is 9.65. The minimum Gasteiger partial charge on any atom is -0.384 e. The number of benzene rings is 1. The third kappa shape index (κ3) is 3.97. The maximum Gasteiger partial charge on any atom is 0.251 e. The van der Waals surface area contributed by atoms with E-state index in [0.29, 0.717) is 18.5 Å². The predicted molar refractivity (Wildman–Crippen MR) is 75.0 cm³/mol. The molecule has 1 aromatic carbocycles. The van der Waals surface area contributed by atoms with E-state index >= 15 is 0 Å². The number of hydrogen-bond donors (Lipinski definition) is 3. The van der Waals surface area contributed by atoms with Gasteiger partial charge in [0.15, 0.2) is 0 Å². The second-order valence-corrected chi connectivity index (χ2v) is 4.08. The Morgan fingerprint density at radius 1 is 1.35 bits per heavy atom. The van der Waals surface area contributed by atoms with Crippen LogP contribution in [0.5, 0.6) is 0 Å². The molecule has 20 heavy (non-hydrogen) atoms. The van der Waals surface area contributed by atoms with E-state index in [1.807, 2.05) is 0 Å². The Bertz CT molecular complexity index is 607. The van der Waals surface area contributed by atoms with Gasteiger partial charge in [0.25, 0.3) is 5.91 Å². The van der Waals surface area contributed by atoms with E-state index in [2.05, 4.69) is 27.1 Å². The average Bonchev–Trinajstić information content (AvgIpc) is 2.99. The SMILES string of the molecule is O=C(NCCc1ncc[nH]1)c1ccc(C#CCO)cc1. The van der Waals surface area contributed by atoms with Crippen LogP contribution < -0.4 is 5.32 Å². The van der Waals surface area contributed by atoms with Crippen molar-refractivity contribution in [2.75, 3.05) is 13.2 Å². The van der Waals surface area contributed by atoms with Crippen molar-refractivity contribution in [3.63, 3.8) is 0 Å². The number of nitrogens with zero attached hydrogens (tertiary/aromatic N) is 1. The number of carbonyl (C=O) groups is 1. The third-order valence-electron chi connectivity index (χ3n) is 2.66. The lowest BCUT2D eigenvalue weighted by molar-refractivity contribution is 0.0954. The number of hydrogen-bond acceptors (Lipinski definition) is 3. The van der Waals surface area contributed by atoms with Crippen molar-refractivity contribution in [2.24, 2.45) is 0 Å². The highest BCUT2D eigenvalue weighted by molar-refractivity contribution is 5.94. The monoisotopic (exact) mass is 269 g/mol. The Balaban J connectivity index is 1.85. The van der Waals surface area contributed by atoms with E-state index in [9.17, 15) is 4.79 Å². The molecule has 2 aromatic rings. The molecule has 102 valence electrons. The lowest BCUT2D eigenvalue weighted by Gasteiger charge is -2.04. The van der Waals surface area contributed by atoms with Gasteiger partial charge in [0, 0.05) is 36.5 Å². The maximum atomic E-state index is 11.9. The van der Waals surface area contributed by atoms with Crippen LogP contribution in [0.2, 0.25) is 0 Å². The average molecular weight is 269 g/mol. The molecular weight excluding hydrogens is 254 g/mol. The zero-order valence-corrected chi connectivity index (χ0v) is 10.9. The summed E-state index contributed by atoms with van der Waals surface area (Å²) in [5, 5.41) is 11.4. The van der Waals surface area contributed by atoms with E-state index in [1.165, 1.54) is 0 Å². The summed E-state index contributed by atoms with van der Waals surface area (Å²) in [6, 6.07) is 6.93. The number of amides is 1. The van der Waals surface area contributed by atoms with Crippen LogP contribution in [0.4, 0.5) is 0 Å². The van der Waals surface area contributed by atoms with E-state index < -0.39 is 0 Å². The molecule has 1 amide bonds. The van der Waals surface area contributed by atoms with Crippen molar-refractivity contribution in [3.8, 4) is 11.8 Å². The summed E-state index contributed by atoms with van der Waals surface area (Å²) in [6.45, 7) is 0.355. The highest BCUT2D eigenvalue weighted by Crippen LogP contribution is 2.03. The number of carbonyl (C=O) groups excluding carboxylic acids is 1. The summed E-state index contributed by atoms with van der Waals surface area (Å²) in [5.41, 5.74) is 1.35. The van der Waals surface area contributed by atoms with Gasteiger partial charge < -0.3 is 15.4 Å². The van der Waals surface area contributed by atoms with Gasteiger partial charge in [0.05, 0.1) is 0 Å². The first-order valence-electron chi connectivity index (χ1n) is 6.26. The van der Waals surface area contributed by atoms with Crippen LogP contribution in [0.1, 0.15) is 21.7 Å². The standard InChI is InChI=1S/C15H15N3O2/c19-11-1-2-12-3-5-13(6-4-12)15(20)18-8-7-14-16-9-10-17-14/h3-6,9-10,19H,7-8,11H2,(H,16,17)(H,18,20). The van der Waals surface area contributed by atoms with Crippen molar-refractivity contribution >= 4 is 5.91 Å². The fourth-order valence-electron chi connectivity index (χ4n) is 1.68. The minimum absolute atomic E-state index is 0.127. The molecule has 0 saturated carbocycles. The van der Waals surface area contributed by atoms with Gasteiger partial charge in [-0.3, -0.25) is 4.79 Å². The fraction of sp³-hybridized carbons (Fsp3) is 0.200. The molecule has 0 atom stereocenters. The van der Waals surface area contributed by atoms with Gasteiger partial charge in [0.1, 0.15) is 12.4 Å². The largest absolute Gasteiger partial charge is 0.384 e. The molecule has 0 saturated heterocycles. The molecule has 0 spiro atoms. The molecule has 0 bridgehead atoms. The number of aromatic nitrogens is 2. The molecule has 5 nitrogen and oxygen atoms in total. The van der Waals surface area contributed by atoms with Crippen LogP contribution in [-0.4, -0.2) is 34.1 Å². The molecule has 0 radical (unpaired) electrons. The first-order valence-corrected chi connectivity index (χ1v) is 6.26. The van der Waals surface area contributed by atoms with Crippen LogP contribution in [0.15, 0.2) is 36.7 Å². The van der Waals surface area contributed by atoms with Crippen molar-refractivity contribution < 1.29 is 9.90 Å². The van der Waals surface area contributed by atoms with Crippen LogP contribution >= 0.6 is 0 Å². The lowest BCUT2D eigenvalue weighted by atomic mass is 10.1. The van der Waals surface area contributed by atoms with Crippen molar-refractivity contribution in [3.05, 3.63) is 53.6 Å². The molecule has 0 aliphatic carbocycles. The van der Waals surface area contributed by atoms with Gasteiger partial charge in [-0.05, 0) is 24.3 Å². The second kappa shape index (κ2) is 7.12. The van der Waals surface area contributed by atoms with Gasteiger partial charge in [0.2, 0.25) is 0 Å². The fourth-order valence-corrected chi connectivity index (χ4v) is 1.68. The van der Waals surface area contributed by atoms with Gasteiger partial charge >= 0.3 is 0 Å². The Morgan fingerprint density at radius 3 is 2.80 bits per heavy atom. The molecule has 0 aliphatic rings. The molecule has 0 aliphatic heterocycles. The quantitative estimate of drug-likeness (QED) is 0.716. The number of aliphatic hydroxyl groups excluding tert-OH is 1. The third-order valence-corrected chi connectivity index (χ3v) is 2.66. The minimum atomic E-state index is -0.172. The topological polar surface area (TPSA) is 78.0 Å². The van der Waals surface area contributed by atoms with Crippen molar-refractivity contribution in [1.29, 1.82) is 0 Å². The molecule has 3 N–H and O–H groups in total. The van der Waals surface area contributed by atoms with E-state index in [1.54, 1.807) is 36.7 Å².